The van der Waals surface area contributed by atoms with Gasteiger partial charge in [-0.3, -0.25) is 4.79 Å². The second-order valence-electron chi connectivity index (χ2n) is 7.57. The fraction of sp³-hybridized carbons (Fsp3) is 0.556. The first-order valence-corrected chi connectivity index (χ1v) is 7.69. The van der Waals surface area contributed by atoms with E-state index < -0.39 is 30.1 Å². The molecule has 128 valence electrons. The van der Waals surface area contributed by atoms with E-state index in [-0.39, 0.29) is 5.41 Å². The van der Waals surface area contributed by atoms with Gasteiger partial charge in [0.05, 0.1) is 6.61 Å². The largest absolute Gasteiger partial charge is 0.458 e. The first-order chi connectivity index (χ1) is 10.4. The van der Waals surface area contributed by atoms with Crippen molar-refractivity contribution in [2.75, 3.05) is 6.61 Å². The Hall–Kier alpha value is -1.88. The van der Waals surface area contributed by atoms with E-state index in [1.54, 1.807) is 32.9 Å². The molecule has 23 heavy (non-hydrogen) atoms. The number of aliphatic hydroxyl groups excluding tert-OH is 1. The molecule has 0 spiro atoms. The van der Waals surface area contributed by atoms with E-state index in [4.69, 9.17) is 4.74 Å². The predicted molar refractivity (Wildman–Crippen MR) is 89.3 cm³/mol. The predicted octanol–water partition coefficient (Wildman–Crippen LogP) is 2.42. The summed E-state index contributed by atoms with van der Waals surface area (Å²) in [6.45, 7) is 10.9. The number of nitrogens with one attached hydrogen (secondary N) is 1. The Bertz CT molecular complexity index is 550. The van der Waals surface area contributed by atoms with Crippen LogP contribution in [0.2, 0.25) is 0 Å². The number of carbonyl (C=O) groups is 2. The summed E-state index contributed by atoms with van der Waals surface area (Å²) in [4.78, 5) is 24.2. The van der Waals surface area contributed by atoms with Crippen LogP contribution >= 0.6 is 0 Å². The normalized spacial score (nSPS) is 13.3. The zero-order valence-corrected chi connectivity index (χ0v) is 14.8. The highest BCUT2D eigenvalue weighted by molar-refractivity contribution is 5.96. The average molecular weight is 321 g/mol. The fourth-order valence-electron chi connectivity index (χ4n) is 1.92. The van der Waals surface area contributed by atoms with Gasteiger partial charge in [0.1, 0.15) is 5.60 Å². The van der Waals surface area contributed by atoms with Gasteiger partial charge in [-0.05, 0) is 43.9 Å². The second kappa shape index (κ2) is 7.13. The van der Waals surface area contributed by atoms with Crippen LogP contribution in [0.5, 0.6) is 0 Å². The Balaban J connectivity index is 2.79. The third-order valence-corrected chi connectivity index (χ3v) is 3.19. The third-order valence-electron chi connectivity index (χ3n) is 3.19. The van der Waals surface area contributed by atoms with Gasteiger partial charge in [-0.15, -0.1) is 0 Å². The Morgan fingerprint density at radius 2 is 1.61 bits per heavy atom. The molecule has 0 aliphatic heterocycles. The smallest absolute Gasteiger partial charge is 0.331 e. The van der Waals surface area contributed by atoms with Crippen molar-refractivity contribution in [1.82, 2.24) is 5.32 Å². The molecule has 1 rings (SSSR count). The monoisotopic (exact) mass is 321 g/mol. The molecule has 0 unspecified atom stereocenters. The molecule has 1 aromatic carbocycles. The van der Waals surface area contributed by atoms with Crippen LogP contribution in [0.4, 0.5) is 0 Å². The number of carbonyl (C=O) groups excluding carboxylic acids is 2. The van der Waals surface area contributed by atoms with Crippen molar-refractivity contribution >= 4 is 11.9 Å². The average Bonchev–Trinajstić information content (AvgIpc) is 2.41. The summed E-state index contributed by atoms with van der Waals surface area (Å²) in [6, 6.07) is 6.11. The Kier molecular flexibility index (Phi) is 5.94. The molecule has 0 saturated heterocycles. The maximum Gasteiger partial charge on any atom is 0.331 e. The van der Waals surface area contributed by atoms with Gasteiger partial charge in [0.25, 0.3) is 5.91 Å². The molecule has 0 bridgehead atoms. The molecule has 0 fully saturated rings. The summed E-state index contributed by atoms with van der Waals surface area (Å²) in [5.74, 6) is -1.07. The van der Waals surface area contributed by atoms with E-state index in [0.29, 0.717) is 5.56 Å². The molecule has 1 atom stereocenters. The van der Waals surface area contributed by atoms with Crippen LogP contribution in [0, 0.1) is 0 Å². The Morgan fingerprint density at radius 1 is 1.09 bits per heavy atom. The van der Waals surface area contributed by atoms with E-state index in [1.807, 2.05) is 12.1 Å². The summed E-state index contributed by atoms with van der Waals surface area (Å²) in [6.07, 6.45) is 0. The molecule has 1 aromatic rings. The lowest BCUT2D eigenvalue weighted by atomic mass is 9.86. The molecule has 0 aromatic heterocycles. The van der Waals surface area contributed by atoms with Crippen molar-refractivity contribution in [3.8, 4) is 0 Å². The molecule has 0 radical (unpaired) electrons. The summed E-state index contributed by atoms with van der Waals surface area (Å²) in [7, 11) is 0. The van der Waals surface area contributed by atoms with E-state index in [2.05, 4.69) is 26.1 Å². The molecule has 0 heterocycles. The van der Waals surface area contributed by atoms with Gasteiger partial charge >= 0.3 is 5.97 Å². The SMILES string of the molecule is CC(C)(C)OC(=O)[C@H](CO)NC(=O)c1ccc(C(C)(C)C)cc1. The van der Waals surface area contributed by atoms with Gasteiger partial charge in [-0.1, -0.05) is 32.9 Å². The van der Waals surface area contributed by atoms with Crippen molar-refractivity contribution in [2.45, 2.75) is 58.6 Å². The number of aliphatic hydroxyl groups is 1. The number of rotatable bonds is 4. The number of esters is 1. The highest BCUT2D eigenvalue weighted by Gasteiger charge is 2.26. The minimum absolute atomic E-state index is 0.000839. The summed E-state index contributed by atoms with van der Waals surface area (Å²) in [5.41, 5.74) is 0.864. The van der Waals surface area contributed by atoms with Crippen molar-refractivity contribution in [3.05, 3.63) is 35.4 Å². The van der Waals surface area contributed by atoms with Crippen LogP contribution in [0.1, 0.15) is 57.5 Å². The summed E-state index contributed by atoms with van der Waals surface area (Å²) >= 11 is 0. The van der Waals surface area contributed by atoms with Gasteiger partial charge < -0.3 is 15.2 Å². The van der Waals surface area contributed by atoms with E-state index >= 15 is 0 Å². The molecule has 0 saturated carbocycles. The Morgan fingerprint density at radius 3 is 2.00 bits per heavy atom. The lowest BCUT2D eigenvalue weighted by Crippen LogP contribution is -2.46. The minimum Gasteiger partial charge on any atom is -0.458 e. The van der Waals surface area contributed by atoms with E-state index in [9.17, 15) is 14.7 Å². The van der Waals surface area contributed by atoms with Gasteiger partial charge in [0.2, 0.25) is 0 Å². The van der Waals surface area contributed by atoms with Crippen LogP contribution < -0.4 is 5.32 Å². The first-order valence-electron chi connectivity index (χ1n) is 7.69. The van der Waals surface area contributed by atoms with Crippen LogP contribution in [-0.2, 0) is 14.9 Å². The van der Waals surface area contributed by atoms with Crippen LogP contribution in [0.25, 0.3) is 0 Å². The standard InChI is InChI=1S/C18H27NO4/c1-17(2,3)13-9-7-12(8-10-13)15(21)19-14(11-20)16(22)23-18(4,5)6/h7-10,14,20H,11H2,1-6H3,(H,19,21)/t14-/m0/s1. The quantitative estimate of drug-likeness (QED) is 0.835. The number of benzene rings is 1. The highest BCUT2D eigenvalue weighted by Crippen LogP contribution is 2.22. The third kappa shape index (κ3) is 6.02. The minimum atomic E-state index is -1.08. The molecule has 5 heteroatoms. The molecule has 0 aliphatic rings. The molecular formula is C18H27NO4. The zero-order chi connectivity index (χ0) is 17.8. The zero-order valence-electron chi connectivity index (χ0n) is 14.8. The maximum atomic E-state index is 12.2. The van der Waals surface area contributed by atoms with Crippen LogP contribution in [0.3, 0.4) is 0 Å². The molecule has 5 nitrogen and oxygen atoms in total. The van der Waals surface area contributed by atoms with Gasteiger partial charge in [0.15, 0.2) is 6.04 Å². The van der Waals surface area contributed by atoms with Gasteiger partial charge in [0, 0.05) is 5.56 Å². The van der Waals surface area contributed by atoms with Crippen molar-refractivity contribution in [3.63, 3.8) is 0 Å². The van der Waals surface area contributed by atoms with Gasteiger partial charge in [-0.25, -0.2) is 4.79 Å². The van der Waals surface area contributed by atoms with E-state index in [0.717, 1.165) is 5.56 Å². The van der Waals surface area contributed by atoms with Crippen molar-refractivity contribution in [2.24, 2.45) is 0 Å². The summed E-state index contributed by atoms with van der Waals surface area (Å²) < 4.78 is 5.18. The lowest BCUT2D eigenvalue weighted by molar-refractivity contribution is -0.158. The maximum absolute atomic E-state index is 12.2. The highest BCUT2D eigenvalue weighted by atomic mass is 16.6. The molecule has 2 N–H and O–H groups in total. The first kappa shape index (κ1) is 19.2. The topological polar surface area (TPSA) is 75.6 Å². The lowest BCUT2D eigenvalue weighted by Gasteiger charge is -2.23. The molecule has 0 aliphatic carbocycles. The fourth-order valence-corrected chi connectivity index (χ4v) is 1.92. The number of ether oxygens (including phenoxy) is 1. The molecular weight excluding hydrogens is 294 g/mol. The summed E-state index contributed by atoms with van der Waals surface area (Å²) in [5, 5.41) is 11.8. The van der Waals surface area contributed by atoms with Crippen molar-refractivity contribution in [1.29, 1.82) is 0 Å². The van der Waals surface area contributed by atoms with Gasteiger partial charge in [-0.2, -0.15) is 0 Å². The van der Waals surface area contributed by atoms with Crippen LogP contribution in [-0.4, -0.2) is 35.2 Å². The van der Waals surface area contributed by atoms with Crippen LogP contribution in [0.15, 0.2) is 24.3 Å². The second-order valence-corrected chi connectivity index (χ2v) is 7.57. The number of hydrogen-bond acceptors (Lipinski definition) is 4. The van der Waals surface area contributed by atoms with E-state index in [1.165, 1.54) is 0 Å². The number of amides is 1. The van der Waals surface area contributed by atoms with Crippen molar-refractivity contribution < 1.29 is 19.4 Å². The number of hydrogen-bond donors (Lipinski definition) is 2. The molecule has 1 amide bonds. The Labute approximate surface area is 138 Å².